The van der Waals surface area contributed by atoms with Gasteiger partial charge in [-0.25, -0.2) is 4.79 Å². The molecule has 0 unspecified atom stereocenters. The Bertz CT molecular complexity index is 434. The van der Waals surface area contributed by atoms with Crippen LogP contribution in [0.2, 0.25) is 0 Å². The molecule has 0 atom stereocenters. The van der Waals surface area contributed by atoms with E-state index in [1.807, 2.05) is 26.8 Å². The van der Waals surface area contributed by atoms with E-state index in [4.69, 9.17) is 4.74 Å². The predicted octanol–water partition coefficient (Wildman–Crippen LogP) is 2.64. The SMILES string of the molecule is CC(C)(C)OC(=O)NCC1CN(Cc2ccccc2)C1. The molecule has 110 valence electrons. The molecule has 0 saturated carbocycles. The number of amides is 1. The van der Waals surface area contributed by atoms with Crippen LogP contribution in [0.4, 0.5) is 4.79 Å². The number of ether oxygens (including phenoxy) is 1. The van der Waals surface area contributed by atoms with Crippen LogP contribution < -0.4 is 5.32 Å². The van der Waals surface area contributed by atoms with Gasteiger partial charge in [-0.15, -0.1) is 0 Å². The lowest BCUT2D eigenvalue weighted by molar-refractivity contribution is 0.0457. The zero-order valence-corrected chi connectivity index (χ0v) is 12.6. The van der Waals surface area contributed by atoms with Crippen molar-refractivity contribution in [3.8, 4) is 0 Å². The van der Waals surface area contributed by atoms with Gasteiger partial charge in [0.1, 0.15) is 5.60 Å². The van der Waals surface area contributed by atoms with Crippen molar-refractivity contribution in [2.45, 2.75) is 32.9 Å². The molecule has 0 radical (unpaired) electrons. The molecule has 2 rings (SSSR count). The minimum atomic E-state index is -0.428. The van der Waals surface area contributed by atoms with Crippen LogP contribution in [-0.4, -0.2) is 36.2 Å². The molecule has 4 nitrogen and oxygen atoms in total. The highest BCUT2D eigenvalue weighted by Crippen LogP contribution is 2.18. The largest absolute Gasteiger partial charge is 0.444 e. The maximum atomic E-state index is 11.5. The maximum absolute atomic E-state index is 11.5. The fourth-order valence-electron chi connectivity index (χ4n) is 2.32. The molecule has 1 fully saturated rings. The molecule has 1 amide bonds. The smallest absolute Gasteiger partial charge is 0.407 e. The summed E-state index contributed by atoms with van der Waals surface area (Å²) in [5.74, 6) is 0.534. The fourth-order valence-corrected chi connectivity index (χ4v) is 2.32. The Morgan fingerprint density at radius 3 is 2.55 bits per heavy atom. The molecule has 1 N–H and O–H groups in total. The van der Waals surface area contributed by atoms with Crippen LogP contribution >= 0.6 is 0 Å². The molecule has 0 aromatic heterocycles. The van der Waals surface area contributed by atoms with Gasteiger partial charge < -0.3 is 10.1 Å². The lowest BCUT2D eigenvalue weighted by atomic mass is 9.99. The Hall–Kier alpha value is -1.55. The van der Waals surface area contributed by atoms with Crippen LogP contribution in [0.1, 0.15) is 26.3 Å². The van der Waals surface area contributed by atoms with Crippen molar-refractivity contribution >= 4 is 6.09 Å². The van der Waals surface area contributed by atoms with Crippen LogP contribution in [0.5, 0.6) is 0 Å². The van der Waals surface area contributed by atoms with E-state index >= 15 is 0 Å². The van der Waals surface area contributed by atoms with Crippen LogP contribution in [-0.2, 0) is 11.3 Å². The lowest BCUT2D eigenvalue weighted by Crippen LogP contribution is -2.51. The number of benzene rings is 1. The third-order valence-corrected chi connectivity index (χ3v) is 3.22. The molecule has 4 heteroatoms. The Kier molecular flexibility index (Phi) is 4.65. The molecule has 1 saturated heterocycles. The third-order valence-electron chi connectivity index (χ3n) is 3.22. The second kappa shape index (κ2) is 6.27. The number of hydrogen-bond donors (Lipinski definition) is 1. The van der Waals surface area contributed by atoms with Gasteiger partial charge in [-0.2, -0.15) is 0 Å². The van der Waals surface area contributed by atoms with E-state index in [-0.39, 0.29) is 6.09 Å². The molecule has 1 aliphatic rings. The number of nitrogens with zero attached hydrogens (tertiary/aromatic N) is 1. The number of alkyl carbamates (subject to hydrolysis) is 1. The van der Waals surface area contributed by atoms with Crippen molar-refractivity contribution in [2.24, 2.45) is 5.92 Å². The van der Waals surface area contributed by atoms with Crippen molar-refractivity contribution in [1.82, 2.24) is 10.2 Å². The summed E-state index contributed by atoms with van der Waals surface area (Å²) in [5, 5.41) is 2.84. The van der Waals surface area contributed by atoms with Gasteiger partial charge in [0.05, 0.1) is 0 Å². The van der Waals surface area contributed by atoms with Gasteiger partial charge in [-0.05, 0) is 26.3 Å². The quantitative estimate of drug-likeness (QED) is 0.919. The maximum Gasteiger partial charge on any atom is 0.407 e. The Morgan fingerprint density at radius 1 is 1.30 bits per heavy atom. The summed E-state index contributed by atoms with van der Waals surface area (Å²) in [6.07, 6.45) is -0.320. The summed E-state index contributed by atoms with van der Waals surface area (Å²) >= 11 is 0. The molecule has 1 heterocycles. The molecular weight excluding hydrogens is 252 g/mol. The highest BCUT2D eigenvalue weighted by atomic mass is 16.6. The Morgan fingerprint density at radius 2 is 1.95 bits per heavy atom. The Labute approximate surface area is 121 Å². The van der Waals surface area contributed by atoms with Gasteiger partial charge >= 0.3 is 6.09 Å². The average Bonchev–Trinajstić information content (AvgIpc) is 2.31. The summed E-state index contributed by atoms with van der Waals surface area (Å²) in [6.45, 7) is 9.37. The van der Waals surface area contributed by atoms with Crippen LogP contribution in [0, 0.1) is 5.92 Å². The Balaban J connectivity index is 1.61. The molecular formula is C16H24N2O2. The van der Waals surface area contributed by atoms with Crippen molar-refractivity contribution in [3.63, 3.8) is 0 Å². The molecule has 1 aliphatic heterocycles. The second-order valence-corrected chi connectivity index (χ2v) is 6.43. The number of rotatable bonds is 4. The molecule has 1 aromatic rings. The van der Waals surface area contributed by atoms with Gasteiger partial charge in [-0.3, -0.25) is 4.90 Å². The number of nitrogens with one attached hydrogen (secondary N) is 1. The average molecular weight is 276 g/mol. The van der Waals surface area contributed by atoms with Crippen molar-refractivity contribution < 1.29 is 9.53 Å². The number of carbonyl (C=O) groups excluding carboxylic acids is 1. The highest BCUT2D eigenvalue weighted by molar-refractivity contribution is 5.67. The minimum Gasteiger partial charge on any atom is -0.444 e. The first-order valence-electron chi connectivity index (χ1n) is 7.15. The van der Waals surface area contributed by atoms with E-state index in [2.05, 4.69) is 34.5 Å². The third kappa shape index (κ3) is 4.85. The normalized spacial score (nSPS) is 16.6. The number of likely N-dealkylation sites (tertiary alicyclic amines) is 1. The number of carbonyl (C=O) groups is 1. The summed E-state index contributed by atoms with van der Waals surface area (Å²) in [4.78, 5) is 13.9. The van der Waals surface area contributed by atoms with Crippen LogP contribution in [0.15, 0.2) is 30.3 Å². The second-order valence-electron chi connectivity index (χ2n) is 6.43. The van der Waals surface area contributed by atoms with Gasteiger partial charge in [0.2, 0.25) is 0 Å². The minimum absolute atomic E-state index is 0.320. The van der Waals surface area contributed by atoms with E-state index in [0.29, 0.717) is 12.5 Å². The monoisotopic (exact) mass is 276 g/mol. The van der Waals surface area contributed by atoms with Gasteiger partial charge in [0.25, 0.3) is 0 Å². The summed E-state index contributed by atoms with van der Waals surface area (Å²) in [5.41, 5.74) is 0.911. The first kappa shape index (κ1) is 14.9. The van der Waals surface area contributed by atoms with E-state index in [1.165, 1.54) is 5.56 Å². The van der Waals surface area contributed by atoms with E-state index < -0.39 is 5.60 Å². The van der Waals surface area contributed by atoms with Crippen molar-refractivity contribution in [1.29, 1.82) is 0 Å². The van der Waals surface area contributed by atoms with Crippen molar-refractivity contribution in [3.05, 3.63) is 35.9 Å². The van der Waals surface area contributed by atoms with E-state index in [1.54, 1.807) is 0 Å². The molecule has 0 spiro atoms. The highest BCUT2D eigenvalue weighted by Gasteiger charge is 2.27. The lowest BCUT2D eigenvalue weighted by Gasteiger charge is -2.39. The van der Waals surface area contributed by atoms with Crippen LogP contribution in [0.25, 0.3) is 0 Å². The van der Waals surface area contributed by atoms with Gasteiger partial charge in [0.15, 0.2) is 0 Å². The molecule has 1 aromatic carbocycles. The summed E-state index contributed by atoms with van der Waals surface area (Å²) in [7, 11) is 0. The summed E-state index contributed by atoms with van der Waals surface area (Å²) in [6, 6.07) is 10.5. The zero-order chi connectivity index (χ0) is 14.6. The topological polar surface area (TPSA) is 41.6 Å². The summed E-state index contributed by atoms with van der Waals surface area (Å²) < 4.78 is 5.22. The zero-order valence-electron chi connectivity index (χ0n) is 12.6. The standard InChI is InChI=1S/C16H24N2O2/c1-16(2,3)20-15(19)17-9-14-11-18(12-14)10-13-7-5-4-6-8-13/h4-8,14H,9-12H2,1-3H3,(H,17,19). The first-order chi connectivity index (χ1) is 9.42. The molecule has 20 heavy (non-hydrogen) atoms. The van der Waals surface area contributed by atoms with Crippen LogP contribution in [0.3, 0.4) is 0 Å². The molecule has 0 aliphatic carbocycles. The van der Waals surface area contributed by atoms with Gasteiger partial charge in [-0.1, -0.05) is 30.3 Å². The molecule has 0 bridgehead atoms. The predicted molar refractivity (Wildman–Crippen MR) is 79.4 cm³/mol. The number of hydrogen-bond acceptors (Lipinski definition) is 3. The first-order valence-corrected chi connectivity index (χ1v) is 7.15. The van der Waals surface area contributed by atoms with E-state index in [9.17, 15) is 4.79 Å². The van der Waals surface area contributed by atoms with Gasteiger partial charge in [0, 0.05) is 32.1 Å². The van der Waals surface area contributed by atoms with Crippen molar-refractivity contribution in [2.75, 3.05) is 19.6 Å². The fraction of sp³-hybridized carbons (Fsp3) is 0.562. The van der Waals surface area contributed by atoms with E-state index in [0.717, 1.165) is 19.6 Å².